The smallest absolute Gasteiger partial charge is 0.161 e. The zero-order valence-corrected chi connectivity index (χ0v) is 63.9. The normalized spacial score (nSPS) is 15.2. The number of ether oxygens (including phenoxy) is 3. The summed E-state index contributed by atoms with van der Waals surface area (Å²) >= 11 is 0. The van der Waals surface area contributed by atoms with Gasteiger partial charge >= 0.3 is 0 Å². The zero-order valence-electron chi connectivity index (χ0n) is 63.9. The highest BCUT2D eigenvalue weighted by Crippen LogP contribution is 2.36. The monoisotopic (exact) mass is 1600 g/mol. The Morgan fingerprint density at radius 2 is 0.441 bits per heavy atom. The predicted molar refractivity (Wildman–Crippen MR) is 413 cm³/mol. The average Bonchev–Trinajstić information content (AvgIpc) is 0.898. The van der Waals surface area contributed by atoms with Gasteiger partial charge in [-0.2, -0.15) is 36.5 Å². The minimum absolute atomic E-state index is 0.0378. The summed E-state index contributed by atoms with van der Waals surface area (Å²) in [5.41, 5.74) is 4.02. The number of benzene rings is 5. The van der Waals surface area contributed by atoms with Gasteiger partial charge in [-0.3, -0.25) is 0 Å². The number of unbranched alkanes of at least 4 members (excludes halogenated alkanes) is 14. The number of methoxy groups -OCH3 is 1. The minimum Gasteiger partial charge on any atom is -0.497 e. The second-order valence-electron chi connectivity index (χ2n) is 23.1. The molecule has 0 unspecified atom stereocenters. The summed E-state index contributed by atoms with van der Waals surface area (Å²) in [5, 5.41) is 185. The molecule has 0 amide bonds. The molecular weight excluding hydrogens is 1530 g/mol. The van der Waals surface area contributed by atoms with Crippen molar-refractivity contribution in [1.82, 2.24) is 0 Å². The fourth-order valence-corrected chi connectivity index (χ4v) is 10.1. The lowest BCUT2D eigenvalue weighted by Gasteiger charge is -2.12. The lowest BCUT2D eigenvalue weighted by Crippen LogP contribution is -1.99. The molecule has 1 aliphatic carbocycles. The van der Waals surface area contributed by atoms with Crippen LogP contribution in [-0.4, -0.2) is 34.4 Å². The molecule has 50 nitrogen and oxygen atoms in total. The fourth-order valence-electron chi connectivity index (χ4n) is 10.1. The molecule has 0 fully saturated rings. The lowest BCUT2D eigenvalue weighted by atomic mass is 9.96. The predicted octanol–water partition coefficient (Wildman–Crippen LogP) is 24.7. The first kappa shape index (κ1) is 90.1. The number of fused-ring (bicyclic) bond motifs is 10. The van der Waals surface area contributed by atoms with Gasteiger partial charge in [0.1, 0.15) is 17.2 Å². The van der Waals surface area contributed by atoms with E-state index in [0.29, 0.717) is 63.8 Å². The Balaban J connectivity index is 1.50. The first-order chi connectivity index (χ1) is 58.2. The van der Waals surface area contributed by atoms with E-state index in [-0.39, 0.29) is 61.6 Å². The molecule has 0 saturated heterocycles. The molecule has 0 atom stereocenters. The summed E-state index contributed by atoms with van der Waals surface area (Å²) in [6, 6.07) is 36.1. The second kappa shape index (κ2) is 57.3. The van der Waals surface area contributed by atoms with Crippen molar-refractivity contribution in [3.8, 4) is 59.1 Å². The Kier molecular flexibility index (Phi) is 43.8. The van der Waals surface area contributed by atoms with E-state index in [1.807, 2.05) is 0 Å². The summed E-state index contributed by atoms with van der Waals surface area (Å²) < 4.78 is 18.7. The summed E-state index contributed by atoms with van der Waals surface area (Å²) in [7, 11) is 4.20. The molecule has 0 saturated carbocycles. The van der Waals surface area contributed by atoms with Crippen LogP contribution in [0, 0.1) is 56.7 Å². The topological polar surface area (TPSA) is 660 Å². The van der Waals surface area contributed by atoms with Gasteiger partial charge in [-0.05, 0) is 273 Å². The van der Waals surface area contributed by atoms with Gasteiger partial charge in [0.25, 0.3) is 0 Å². The van der Waals surface area contributed by atoms with Gasteiger partial charge in [0.2, 0.25) is 0 Å². The highest BCUT2D eigenvalue weighted by molar-refractivity contribution is 5.98. The Morgan fingerprint density at radius 3 is 0.678 bits per heavy atom. The van der Waals surface area contributed by atoms with Crippen LogP contribution in [0.2, 0.25) is 0 Å². The number of nitriles is 5. The van der Waals surface area contributed by atoms with Crippen molar-refractivity contribution in [1.29, 1.82) is 26.3 Å². The molecule has 0 aromatic heterocycles. The van der Waals surface area contributed by atoms with Crippen LogP contribution in [0.5, 0.6) is 28.7 Å². The van der Waals surface area contributed by atoms with E-state index in [0.717, 1.165) is 70.6 Å². The van der Waals surface area contributed by atoms with E-state index in [1.54, 1.807) is 85.0 Å². The SMILES string of the molecule is CCCCCCCCCCOc1cc2cc(c1)C(C#N)=Cc1cc(OCCCCCCCCCC)cc(c1)/C(C#N)=C/c1cc(OC)cc(c1)/C(C#N)=C/c1cc(ON=NN=NN=NN=NN=NN=NN=NN=NN=NN=NC)cc(c1)/C(C#N)=C/c1cc(ON=NN=NN=NN=NN=NN=NN=NN=NN=NN=NC)cc(c1)/C(C#N)=C/2. The third-order valence-corrected chi connectivity index (χ3v) is 15.0. The molecule has 0 N–H and O–H groups in total. The molecule has 0 spiro atoms. The zero-order chi connectivity index (χ0) is 83.8. The molecule has 5 aromatic rings. The minimum atomic E-state index is -0.0607. The second-order valence-corrected chi connectivity index (χ2v) is 23.1. The summed E-state index contributed by atoms with van der Waals surface area (Å²) in [6.45, 7) is 5.11. The maximum absolute atomic E-state index is 11.2. The van der Waals surface area contributed by atoms with Crippen molar-refractivity contribution in [3.05, 3.63) is 147 Å². The van der Waals surface area contributed by atoms with Crippen LogP contribution in [0.15, 0.2) is 300 Å². The Labute approximate surface area is 671 Å². The van der Waals surface area contributed by atoms with E-state index in [4.69, 9.17) is 23.9 Å². The van der Waals surface area contributed by atoms with Crippen LogP contribution in [0.25, 0.3) is 58.2 Å². The Morgan fingerprint density at radius 1 is 0.237 bits per heavy atom. The number of rotatable bonds is 43. The maximum Gasteiger partial charge on any atom is 0.161 e. The van der Waals surface area contributed by atoms with Crippen molar-refractivity contribution in [3.63, 3.8) is 0 Å². The molecular formula is C68H71N45O5. The summed E-state index contributed by atoms with van der Waals surface area (Å²) in [5.74, 6) is 1.06. The summed E-state index contributed by atoms with van der Waals surface area (Å²) in [4.78, 5) is 11.4. The van der Waals surface area contributed by atoms with Crippen molar-refractivity contribution in [2.24, 2.45) is 209 Å². The Hall–Kier alpha value is -16.7. The Bertz CT molecular complexity index is 5160. The molecule has 5 aromatic carbocycles. The van der Waals surface area contributed by atoms with Gasteiger partial charge in [0.15, 0.2) is 11.5 Å². The van der Waals surface area contributed by atoms with E-state index >= 15 is 0 Å². The van der Waals surface area contributed by atoms with Crippen molar-refractivity contribution >= 4 is 58.2 Å². The van der Waals surface area contributed by atoms with Gasteiger partial charge in [-0.15, -0.1) is 0 Å². The van der Waals surface area contributed by atoms with Crippen LogP contribution in [0.1, 0.15) is 172 Å². The molecule has 6 rings (SSSR count). The molecule has 1 aliphatic rings. The third-order valence-electron chi connectivity index (χ3n) is 15.0. The van der Waals surface area contributed by atoms with Crippen LogP contribution in [-0.2, 0) is 0 Å². The van der Waals surface area contributed by atoms with Crippen molar-refractivity contribution in [2.45, 2.75) is 117 Å². The molecule has 0 heterocycles. The largest absolute Gasteiger partial charge is 0.497 e. The van der Waals surface area contributed by atoms with Crippen molar-refractivity contribution < 1.29 is 23.9 Å². The van der Waals surface area contributed by atoms with Crippen LogP contribution < -0.4 is 23.9 Å². The number of hydrogen-bond donors (Lipinski definition) is 0. The van der Waals surface area contributed by atoms with Crippen LogP contribution >= 0.6 is 0 Å². The van der Waals surface area contributed by atoms with E-state index in [1.165, 1.54) is 89.7 Å². The standard InChI is InChI=1S/C68H71N45O5/c1-6-8-10-12-14-16-18-20-22-115-65-35-50-25-55(40-65)60(45-70)29-49-24-54(39-64(34-49)114-5)59(44-69)32-52-27-58(43-67(37-52)117-112-110-108-106-104-102-100-98-96-94-92-90-88-86-84-82-80-78-76-74-3)63(48-73)33-53-28-57(42-68(38-53)118-113-111-109-107-105-103-101-99-97-95-93-91-89-87-85-83-81-79-77-75-4)62(47-72)31-51-26-56(61(30-50)46-71)41-66(36-51)116-23-21-19-17-15-13-11-9-7-2/h24-43H,6-23H2,1-5H3/b59-32+,60-29+,61-30?,62-31+,63-33+,76-74?,77-75?,80-78?,81-79?,84-82?,85-83?,88-86?,89-87?,92-90?,93-91?,96-94?,97-95?,100-98?,101-99?,104-102?,105-103?,108-106?,109-107?,112-110?,113-111?. The van der Waals surface area contributed by atoms with E-state index < -0.39 is 0 Å². The molecule has 50 heteroatoms. The quantitative estimate of drug-likeness (QED) is 0.0202. The number of nitrogens with zero attached hydrogens (tertiary/aromatic N) is 45. The van der Waals surface area contributed by atoms with Gasteiger partial charge in [-0.25, -0.2) is 0 Å². The molecule has 598 valence electrons. The number of hydrogen-bond acceptors (Lipinski definition) is 14. The highest BCUT2D eigenvalue weighted by atomic mass is 16.6. The van der Waals surface area contributed by atoms with Gasteiger partial charge in [-0.1, -0.05) is 104 Å². The molecule has 118 heavy (non-hydrogen) atoms. The van der Waals surface area contributed by atoms with Crippen molar-refractivity contribution in [2.75, 3.05) is 34.4 Å². The van der Waals surface area contributed by atoms with Crippen LogP contribution in [0.4, 0.5) is 0 Å². The maximum atomic E-state index is 11.2. The first-order valence-electron chi connectivity index (χ1n) is 35.4. The molecule has 0 radical (unpaired) electrons. The third kappa shape index (κ3) is 36.8. The molecule has 10 bridgehead atoms. The van der Waals surface area contributed by atoms with Crippen LogP contribution in [0.3, 0.4) is 0 Å². The number of allylic oxidation sites excluding steroid dienone is 5. The van der Waals surface area contributed by atoms with E-state index in [9.17, 15) is 26.3 Å². The van der Waals surface area contributed by atoms with Gasteiger partial charge in [0, 0.05) is 104 Å². The molecule has 0 aliphatic heterocycles. The fraction of sp³-hybridized carbons (Fsp3) is 0.338. The summed E-state index contributed by atoms with van der Waals surface area (Å²) in [6.07, 6.45) is 25.0. The average molecular weight is 1600 g/mol. The first-order valence-corrected chi connectivity index (χ1v) is 35.4. The van der Waals surface area contributed by atoms with Gasteiger partial charge in [0.05, 0.1) is 103 Å². The lowest BCUT2D eigenvalue weighted by molar-refractivity contribution is 0.303. The van der Waals surface area contributed by atoms with Gasteiger partial charge < -0.3 is 23.9 Å². The van der Waals surface area contributed by atoms with E-state index in [2.05, 4.69) is 253 Å². The highest BCUT2D eigenvalue weighted by Gasteiger charge is 2.17.